The molecular formula is C20H24FN3O. The number of halogens is 1. The maximum Gasteiger partial charge on any atom is 0.213 e. The van der Waals surface area contributed by atoms with Crippen LogP contribution < -0.4 is 4.74 Å². The van der Waals surface area contributed by atoms with Crippen molar-refractivity contribution >= 4 is 0 Å². The molecule has 2 heterocycles. The molecule has 4 nitrogen and oxygen atoms in total. The maximum absolute atomic E-state index is 13.9. The molecule has 1 unspecified atom stereocenters. The number of pyridine rings is 1. The normalized spacial score (nSPS) is 16.7. The van der Waals surface area contributed by atoms with Crippen molar-refractivity contribution in [2.75, 3.05) is 20.1 Å². The highest BCUT2D eigenvalue weighted by atomic mass is 19.1. The number of nitriles is 1. The zero-order valence-corrected chi connectivity index (χ0v) is 15.0. The highest BCUT2D eigenvalue weighted by Crippen LogP contribution is 2.26. The fraction of sp³-hybridized carbons (Fsp3) is 0.400. The van der Waals surface area contributed by atoms with Gasteiger partial charge in [0.1, 0.15) is 12.4 Å². The van der Waals surface area contributed by atoms with Crippen molar-refractivity contribution in [2.24, 2.45) is 0 Å². The summed E-state index contributed by atoms with van der Waals surface area (Å²) in [5.74, 6) is 0.494. The Labute approximate surface area is 148 Å². The molecule has 0 bridgehead atoms. The number of aromatic nitrogens is 1. The second kappa shape index (κ2) is 9.14. The minimum atomic E-state index is -0.433. The number of nitrogens with zero attached hydrogens (tertiary/aromatic N) is 3. The molecule has 1 atom stereocenters. The van der Waals surface area contributed by atoms with Gasteiger partial charge in [-0.1, -0.05) is 26.0 Å². The van der Waals surface area contributed by atoms with Gasteiger partial charge in [-0.15, -0.1) is 0 Å². The van der Waals surface area contributed by atoms with Gasteiger partial charge in [0.25, 0.3) is 0 Å². The van der Waals surface area contributed by atoms with E-state index in [1.165, 1.54) is 6.07 Å². The number of rotatable bonds is 4. The van der Waals surface area contributed by atoms with E-state index in [9.17, 15) is 4.39 Å². The van der Waals surface area contributed by atoms with Crippen LogP contribution in [0, 0.1) is 17.1 Å². The first-order valence-corrected chi connectivity index (χ1v) is 8.62. The van der Waals surface area contributed by atoms with Gasteiger partial charge in [-0.3, -0.25) is 0 Å². The van der Waals surface area contributed by atoms with Crippen LogP contribution in [0.4, 0.5) is 4.39 Å². The lowest BCUT2D eigenvalue weighted by atomic mass is 10.0. The summed E-state index contributed by atoms with van der Waals surface area (Å²) in [6.07, 6.45) is 1.09. The molecule has 0 spiro atoms. The number of benzene rings is 1. The molecule has 3 rings (SSSR count). The van der Waals surface area contributed by atoms with Crippen LogP contribution >= 0.6 is 0 Å². The van der Waals surface area contributed by atoms with E-state index in [4.69, 9.17) is 10.00 Å². The molecule has 0 saturated carbocycles. The second-order valence-corrected chi connectivity index (χ2v) is 5.86. The van der Waals surface area contributed by atoms with Gasteiger partial charge in [-0.05, 0) is 38.2 Å². The zero-order chi connectivity index (χ0) is 18.2. The van der Waals surface area contributed by atoms with E-state index in [2.05, 4.69) is 16.9 Å². The third-order valence-corrected chi connectivity index (χ3v) is 4.11. The highest BCUT2D eigenvalue weighted by molar-refractivity contribution is 5.32. The first kappa shape index (κ1) is 18.9. The van der Waals surface area contributed by atoms with Crippen molar-refractivity contribution in [3.05, 3.63) is 59.0 Å². The van der Waals surface area contributed by atoms with E-state index in [0.29, 0.717) is 22.9 Å². The molecule has 1 fully saturated rings. The molecule has 1 aliphatic rings. The Balaban J connectivity index is 0.00000109. The third kappa shape index (κ3) is 5.01. The quantitative estimate of drug-likeness (QED) is 0.839. The Kier molecular flexibility index (Phi) is 6.91. The molecule has 0 N–H and O–H groups in total. The Morgan fingerprint density at radius 2 is 2.12 bits per heavy atom. The average Bonchev–Trinajstić information content (AvgIpc) is 3.09. The molecule has 132 valence electrons. The molecule has 5 heteroatoms. The van der Waals surface area contributed by atoms with Gasteiger partial charge in [0.05, 0.1) is 11.6 Å². The number of ether oxygens (including phenoxy) is 1. The Bertz CT molecular complexity index is 742. The van der Waals surface area contributed by atoms with Crippen molar-refractivity contribution in [3.8, 4) is 11.9 Å². The van der Waals surface area contributed by atoms with Gasteiger partial charge < -0.3 is 9.64 Å². The van der Waals surface area contributed by atoms with E-state index < -0.39 is 5.82 Å². The molecule has 0 amide bonds. The molecule has 25 heavy (non-hydrogen) atoms. The Hall–Kier alpha value is -2.45. The van der Waals surface area contributed by atoms with E-state index in [1.54, 1.807) is 18.2 Å². The summed E-state index contributed by atoms with van der Waals surface area (Å²) in [5.41, 5.74) is 1.74. The lowest BCUT2D eigenvalue weighted by molar-refractivity contribution is 0.286. The molecule has 2 aromatic rings. The number of hydrogen-bond acceptors (Lipinski definition) is 4. The fourth-order valence-electron chi connectivity index (χ4n) is 2.80. The van der Waals surface area contributed by atoms with Crippen molar-refractivity contribution < 1.29 is 9.13 Å². The zero-order valence-electron chi connectivity index (χ0n) is 15.0. The number of likely N-dealkylation sites (N-methyl/N-ethyl adjacent to an activating group) is 1. The van der Waals surface area contributed by atoms with Crippen LogP contribution in [0.5, 0.6) is 5.88 Å². The van der Waals surface area contributed by atoms with Gasteiger partial charge in [0.15, 0.2) is 0 Å². The summed E-state index contributed by atoms with van der Waals surface area (Å²) >= 11 is 0. The summed E-state index contributed by atoms with van der Waals surface area (Å²) in [4.78, 5) is 6.83. The topological polar surface area (TPSA) is 49.1 Å². The molecule has 1 aliphatic heterocycles. The first-order chi connectivity index (χ1) is 12.2. The lowest BCUT2D eigenvalue weighted by Crippen LogP contribution is -2.13. The highest BCUT2D eigenvalue weighted by Gasteiger charge is 2.22. The van der Waals surface area contributed by atoms with Crippen LogP contribution in [0.2, 0.25) is 0 Å². The molecule has 1 aromatic carbocycles. The first-order valence-electron chi connectivity index (χ1n) is 8.62. The van der Waals surface area contributed by atoms with Crippen molar-refractivity contribution in [1.29, 1.82) is 5.26 Å². The molecular weight excluding hydrogens is 317 g/mol. The average molecular weight is 341 g/mol. The van der Waals surface area contributed by atoms with E-state index in [1.807, 2.05) is 32.0 Å². The standard InChI is InChI=1S/C18H18FN3O.C2H6/c1-22-8-7-14(11-22)17-3-2-4-18(21-17)23-12-15-6-5-13(10-20)9-16(15)19;1-2/h2-6,9,14H,7-8,11-12H2,1H3;1-2H3. The predicted octanol–water partition coefficient (Wildman–Crippen LogP) is 4.12. The Morgan fingerprint density at radius 3 is 2.76 bits per heavy atom. The number of likely N-dealkylation sites (tertiary alicyclic amines) is 1. The SMILES string of the molecule is CC.CN1CCC(c2cccc(OCc3ccc(C#N)cc3F)n2)C1. The third-order valence-electron chi connectivity index (χ3n) is 4.11. The monoisotopic (exact) mass is 341 g/mol. The van der Waals surface area contributed by atoms with E-state index >= 15 is 0 Å². The fourth-order valence-corrected chi connectivity index (χ4v) is 2.80. The largest absolute Gasteiger partial charge is 0.473 e. The second-order valence-electron chi connectivity index (χ2n) is 5.86. The van der Waals surface area contributed by atoms with Crippen molar-refractivity contribution in [3.63, 3.8) is 0 Å². The summed E-state index contributed by atoms with van der Waals surface area (Å²) in [5, 5.41) is 8.75. The smallest absolute Gasteiger partial charge is 0.213 e. The lowest BCUT2D eigenvalue weighted by Gasteiger charge is -2.12. The van der Waals surface area contributed by atoms with Crippen LogP contribution in [0.25, 0.3) is 0 Å². The molecule has 0 aliphatic carbocycles. The maximum atomic E-state index is 13.9. The van der Waals surface area contributed by atoms with Gasteiger partial charge in [0.2, 0.25) is 5.88 Å². The van der Waals surface area contributed by atoms with Gasteiger partial charge in [-0.2, -0.15) is 5.26 Å². The van der Waals surface area contributed by atoms with Crippen LogP contribution in [-0.4, -0.2) is 30.0 Å². The summed E-state index contributed by atoms with van der Waals surface area (Å²) in [6.45, 7) is 6.17. The summed E-state index contributed by atoms with van der Waals surface area (Å²) < 4.78 is 19.5. The molecule has 1 aromatic heterocycles. The minimum absolute atomic E-state index is 0.0958. The van der Waals surface area contributed by atoms with Gasteiger partial charge in [0, 0.05) is 29.8 Å². The van der Waals surface area contributed by atoms with Crippen molar-refractivity contribution in [2.45, 2.75) is 32.8 Å². The summed E-state index contributed by atoms with van der Waals surface area (Å²) in [6, 6.07) is 12.0. The van der Waals surface area contributed by atoms with E-state index in [-0.39, 0.29) is 6.61 Å². The van der Waals surface area contributed by atoms with Crippen LogP contribution in [0.1, 0.15) is 43.0 Å². The van der Waals surface area contributed by atoms with Crippen LogP contribution in [0.15, 0.2) is 36.4 Å². The predicted molar refractivity (Wildman–Crippen MR) is 95.9 cm³/mol. The van der Waals surface area contributed by atoms with E-state index in [0.717, 1.165) is 25.2 Å². The molecule has 1 saturated heterocycles. The molecule has 0 radical (unpaired) electrons. The Morgan fingerprint density at radius 1 is 1.32 bits per heavy atom. The van der Waals surface area contributed by atoms with Crippen LogP contribution in [0.3, 0.4) is 0 Å². The van der Waals surface area contributed by atoms with Crippen molar-refractivity contribution in [1.82, 2.24) is 9.88 Å². The summed E-state index contributed by atoms with van der Waals surface area (Å²) in [7, 11) is 2.11. The number of hydrogen-bond donors (Lipinski definition) is 0. The van der Waals surface area contributed by atoms with Gasteiger partial charge >= 0.3 is 0 Å². The minimum Gasteiger partial charge on any atom is -0.473 e. The van der Waals surface area contributed by atoms with Gasteiger partial charge in [-0.25, -0.2) is 9.37 Å². The van der Waals surface area contributed by atoms with Crippen LogP contribution in [-0.2, 0) is 6.61 Å².